The van der Waals surface area contributed by atoms with Gasteiger partial charge >= 0.3 is 12.2 Å². The highest BCUT2D eigenvalue weighted by atomic mass is 19.1. The first-order chi connectivity index (χ1) is 17.2. The van der Waals surface area contributed by atoms with E-state index in [9.17, 15) is 9.59 Å². The molecule has 0 atom stereocenters. The van der Waals surface area contributed by atoms with Gasteiger partial charge in [-0.25, -0.2) is 19.0 Å². The first kappa shape index (κ1) is 27.4. The van der Waals surface area contributed by atoms with Crippen LogP contribution in [0.25, 0.3) is 11.3 Å². The van der Waals surface area contributed by atoms with Crippen molar-refractivity contribution < 1.29 is 28.2 Å². The Bertz CT molecular complexity index is 1030. The predicted octanol–water partition coefficient (Wildman–Crippen LogP) is 5.45. The van der Waals surface area contributed by atoms with Gasteiger partial charge in [0, 0.05) is 36.9 Å². The fourth-order valence-corrected chi connectivity index (χ4v) is 4.42. The highest BCUT2D eigenvalue weighted by Crippen LogP contribution is 2.35. The lowest BCUT2D eigenvalue weighted by molar-refractivity contribution is 0.109. The highest BCUT2D eigenvalue weighted by molar-refractivity contribution is 5.85. The van der Waals surface area contributed by atoms with Gasteiger partial charge in [-0.2, -0.15) is 0 Å². The van der Waals surface area contributed by atoms with Gasteiger partial charge in [0.15, 0.2) is 0 Å². The third-order valence-electron chi connectivity index (χ3n) is 6.00. The molecular weight excluding hydrogens is 467 g/mol. The van der Waals surface area contributed by atoms with E-state index in [2.05, 4.69) is 15.6 Å². The number of anilines is 1. The summed E-state index contributed by atoms with van der Waals surface area (Å²) in [6.07, 6.45) is 3.55. The van der Waals surface area contributed by atoms with Crippen molar-refractivity contribution in [1.82, 2.24) is 14.9 Å². The number of aromatic nitrogens is 2. The summed E-state index contributed by atoms with van der Waals surface area (Å²) >= 11 is 0. The van der Waals surface area contributed by atoms with Crippen LogP contribution in [0.5, 0.6) is 0 Å². The third kappa shape index (κ3) is 7.43. The van der Waals surface area contributed by atoms with Gasteiger partial charge in [0.25, 0.3) is 0 Å². The van der Waals surface area contributed by atoms with Crippen LogP contribution in [0.15, 0.2) is 24.4 Å². The molecule has 1 aromatic heterocycles. The van der Waals surface area contributed by atoms with E-state index in [1.807, 2.05) is 18.4 Å². The van der Waals surface area contributed by atoms with E-state index in [0.29, 0.717) is 30.1 Å². The minimum Gasteiger partial charge on any atom is -0.447 e. The summed E-state index contributed by atoms with van der Waals surface area (Å²) in [4.78, 5) is 28.5. The zero-order valence-electron chi connectivity index (χ0n) is 21.7. The minimum absolute atomic E-state index is 0.0641. The minimum atomic E-state index is -0.632. The van der Waals surface area contributed by atoms with E-state index >= 15 is 4.39 Å². The molecule has 1 aromatic carbocycles. The number of nitrogens with zero attached hydrogens (tertiary/aromatic N) is 2. The number of carbonyl (C=O) groups is 2. The molecule has 1 fully saturated rings. The molecule has 36 heavy (non-hydrogen) atoms. The lowest BCUT2D eigenvalue weighted by Crippen LogP contribution is -2.38. The summed E-state index contributed by atoms with van der Waals surface area (Å²) in [5, 5.41) is 5.49. The quantitative estimate of drug-likeness (QED) is 0.470. The number of hydrogen-bond donors (Lipinski definition) is 2. The predicted molar refractivity (Wildman–Crippen MR) is 134 cm³/mol. The summed E-state index contributed by atoms with van der Waals surface area (Å²) in [6, 6.07) is 4.61. The van der Waals surface area contributed by atoms with E-state index in [-0.39, 0.29) is 30.3 Å². The summed E-state index contributed by atoms with van der Waals surface area (Å²) in [5.41, 5.74) is 1.35. The summed E-state index contributed by atoms with van der Waals surface area (Å²) in [6.45, 7) is 8.11. The lowest BCUT2D eigenvalue weighted by Gasteiger charge is -2.29. The Labute approximate surface area is 211 Å². The lowest BCUT2D eigenvalue weighted by atomic mass is 9.85. The number of methoxy groups -OCH3 is 1. The second kappa shape index (κ2) is 12.7. The number of halogens is 1. The van der Waals surface area contributed by atoms with Crippen LogP contribution in [-0.4, -0.2) is 53.7 Å². The zero-order chi connectivity index (χ0) is 26.2. The van der Waals surface area contributed by atoms with Gasteiger partial charge in [0.05, 0.1) is 30.7 Å². The van der Waals surface area contributed by atoms with Crippen molar-refractivity contribution >= 4 is 17.9 Å². The molecule has 0 radical (unpaired) electrons. The first-order valence-electron chi connectivity index (χ1n) is 12.5. The molecule has 2 N–H and O–H groups in total. The number of alkyl carbamates (subject to hydrolysis) is 1. The molecule has 2 aromatic rings. The summed E-state index contributed by atoms with van der Waals surface area (Å²) in [7, 11) is 1.63. The van der Waals surface area contributed by atoms with Crippen LogP contribution in [-0.2, 0) is 20.8 Å². The number of imidazole rings is 1. The molecular formula is C26H37FN4O5. The Balaban J connectivity index is 1.75. The zero-order valence-corrected chi connectivity index (χ0v) is 21.7. The molecule has 0 spiro atoms. The fourth-order valence-electron chi connectivity index (χ4n) is 4.42. The van der Waals surface area contributed by atoms with Crippen LogP contribution in [0.4, 0.5) is 19.7 Å². The molecule has 1 heterocycles. The van der Waals surface area contributed by atoms with Gasteiger partial charge in [-0.15, -0.1) is 0 Å². The molecule has 0 bridgehead atoms. The van der Waals surface area contributed by atoms with E-state index in [1.165, 1.54) is 6.07 Å². The second-order valence-corrected chi connectivity index (χ2v) is 9.57. The highest BCUT2D eigenvalue weighted by Gasteiger charge is 2.28. The molecule has 3 rings (SSSR count). The number of nitrogens with one attached hydrogen (secondary N) is 2. The Kier molecular flexibility index (Phi) is 9.69. The summed E-state index contributed by atoms with van der Waals surface area (Å²) in [5.74, 6) is 0.594. The molecule has 0 saturated heterocycles. The van der Waals surface area contributed by atoms with Crippen molar-refractivity contribution in [2.75, 3.05) is 19.0 Å². The van der Waals surface area contributed by atoms with Gasteiger partial charge < -0.3 is 24.1 Å². The van der Waals surface area contributed by atoms with Gasteiger partial charge in [-0.05, 0) is 71.6 Å². The molecule has 2 amide bonds. The van der Waals surface area contributed by atoms with Crippen molar-refractivity contribution in [2.24, 2.45) is 0 Å². The monoisotopic (exact) mass is 504 g/mol. The van der Waals surface area contributed by atoms with Crippen LogP contribution in [0.2, 0.25) is 0 Å². The van der Waals surface area contributed by atoms with Gasteiger partial charge in [-0.1, -0.05) is 0 Å². The Morgan fingerprint density at radius 3 is 2.36 bits per heavy atom. The smallest absolute Gasteiger partial charge is 0.411 e. The maximum Gasteiger partial charge on any atom is 0.411 e. The average Bonchev–Trinajstić information content (AvgIpc) is 3.20. The van der Waals surface area contributed by atoms with Crippen molar-refractivity contribution in [3.05, 3.63) is 36.0 Å². The van der Waals surface area contributed by atoms with Crippen molar-refractivity contribution in [3.63, 3.8) is 0 Å². The molecule has 1 saturated carbocycles. The first-order valence-corrected chi connectivity index (χ1v) is 12.5. The summed E-state index contributed by atoms with van der Waals surface area (Å²) < 4.78 is 32.7. The van der Waals surface area contributed by atoms with Crippen molar-refractivity contribution in [3.8, 4) is 11.3 Å². The van der Waals surface area contributed by atoms with E-state index in [1.54, 1.807) is 39.3 Å². The molecule has 1 aliphatic carbocycles. The van der Waals surface area contributed by atoms with E-state index < -0.39 is 11.9 Å². The van der Waals surface area contributed by atoms with Crippen LogP contribution in [0.1, 0.15) is 65.1 Å². The molecule has 0 aliphatic heterocycles. The molecule has 198 valence electrons. The third-order valence-corrected chi connectivity index (χ3v) is 6.00. The number of ether oxygens (including phenoxy) is 3. The standard InChI is InChI=1S/C26H37FN4O5/c1-16(2)35-25(32)29-19-8-6-18(7-9-19)24-28-15-23(31(24)12-13-34-5)21-11-10-20(14-22(21)27)30-26(33)36-17(3)4/h10-11,14-19H,6-9,12-13H2,1-5H3,(H,29,32)(H,30,33)/t18-,19-. The number of benzene rings is 1. The Morgan fingerprint density at radius 2 is 1.75 bits per heavy atom. The normalized spacial score (nSPS) is 17.8. The maximum absolute atomic E-state index is 15.1. The number of rotatable bonds is 9. The van der Waals surface area contributed by atoms with Crippen LogP contribution in [0.3, 0.4) is 0 Å². The molecule has 1 aliphatic rings. The van der Waals surface area contributed by atoms with Gasteiger partial charge in [0.2, 0.25) is 0 Å². The van der Waals surface area contributed by atoms with E-state index in [0.717, 1.165) is 31.5 Å². The largest absolute Gasteiger partial charge is 0.447 e. The van der Waals surface area contributed by atoms with Crippen LogP contribution in [0, 0.1) is 5.82 Å². The number of hydrogen-bond acceptors (Lipinski definition) is 6. The van der Waals surface area contributed by atoms with Crippen LogP contribution < -0.4 is 10.6 Å². The van der Waals surface area contributed by atoms with Crippen molar-refractivity contribution in [2.45, 2.75) is 84.1 Å². The second-order valence-electron chi connectivity index (χ2n) is 9.57. The maximum atomic E-state index is 15.1. The SMILES string of the molecule is COCCn1c(-c2ccc(NC(=O)OC(C)C)cc2F)cnc1[C@H]1CC[C@H](NC(=O)OC(C)C)CC1. The molecule has 9 nitrogen and oxygen atoms in total. The van der Waals surface area contributed by atoms with E-state index in [4.69, 9.17) is 14.2 Å². The fraction of sp³-hybridized carbons (Fsp3) is 0.577. The van der Waals surface area contributed by atoms with Gasteiger partial charge in [0.1, 0.15) is 11.6 Å². The van der Waals surface area contributed by atoms with Gasteiger partial charge in [-0.3, -0.25) is 5.32 Å². The topological polar surface area (TPSA) is 104 Å². The average molecular weight is 505 g/mol. The number of amides is 2. The molecule has 10 heteroatoms. The Morgan fingerprint density at radius 1 is 1.08 bits per heavy atom. The Hall–Kier alpha value is -3.14. The van der Waals surface area contributed by atoms with Crippen LogP contribution >= 0.6 is 0 Å². The van der Waals surface area contributed by atoms with Crippen molar-refractivity contribution in [1.29, 1.82) is 0 Å². The molecule has 0 unspecified atom stereocenters. The number of carbonyl (C=O) groups excluding carboxylic acids is 2.